The number of rotatable bonds is 5. The first-order valence-corrected chi connectivity index (χ1v) is 9.00. The summed E-state index contributed by atoms with van der Waals surface area (Å²) in [5, 5.41) is 11.1. The summed E-state index contributed by atoms with van der Waals surface area (Å²) >= 11 is 0. The molecule has 0 saturated carbocycles. The van der Waals surface area contributed by atoms with Crippen LogP contribution in [0.4, 0.5) is 4.79 Å². The molecule has 2 aliphatic heterocycles. The Labute approximate surface area is 148 Å². The van der Waals surface area contributed by atoms with Crippen molar-refractivity contribution in [3.63, 3.8) is 0 Å². The highest BCUT2D eigenvalue weighted by atomic mass is 32.3. The molecule has 26 heavy (non-hydrogen) atoms. The predicted molar refractivity (Wildman–Crippen MR) is 85.0 cm³/mol. The van der Waals surface area contributed by atoms with Gasteiger partial charge in [-0.1, -0.05) is 0 Å². The van der Waals surface area contributed by atoms with E-state index in [9.17, 15) is 18.0 Å². The number of carbonyl (C=O) groups is 2. The maximum absolute atomic E-state index is 12.3. The first-order chi connectivity index (χ1) is 12.2. The normalized spacial score (nSPS) is 22.4. The molecule has 0 spiro atoms. The van der Waals surface area contributed by atoms with Crippen LogP contribution in [0, 0.1) is 5.41 Å². The Morgan fingerprint density at radius 3 is 2.73 bits per heavy atom. The molecule has 1 aromatic rings. The average molecular weight is 384 g/mol. The Morgan fingerprint density at radius 2 is 2.08 bits per heavy atom. The number of hydrogen-bond acceptors (Lipinski definition) is 8. The number of amidine groups is 1. The predicted octanol–water partition coefficient (Wildman–Crippen LogP) is -0.884. The van der Waals surface area contributed by atoms with E-state index < -0.39 is 34.4 Å². The first kappa shape index (κ1) is 18.2. The van der Waals surface area contributed by atoms with E-state index in [-0.39, 0.29) is 18.8 Å². The van der Waals surface area contributed by atoms with Crippen molar-refractivity contribution in [1.29, 1.82) is 5.41 Å². The Hall–Kier alpha value is -2.64. The van der Waals surface area contributed by atoms with Crippen LogP contribution in [0.25, 0.3) is 0 Å². The summed E-state index contributed by atoms with van der Waals surface area (Å²) in [7, 11) is -4.83. The molecule has 2 saturated heterocycles. The van der Waals surface area contributed by atoms with E-state index in [2.05, 4.69) is 19.6 Å². The van der Waals surface area contributed by atoms with Gasteiger partial charge in [-0.2, -0.15) is 13.5 Å². The molecular weight excluding hydrogens is 368 g/mol. The highest BCUT2D eigenvalue weighted by molar-refractivity contribution is 7.80. The number of aromatic nitrogens is 2. The lowest BCUT2D eigenvalue weighted by atomic mass is 10.00. The highest BCUT2D eigenvalue weighted by Gasteiger charge is 2.48. The van der Waals surface area contributed by atoms with Crippen molar-refractivity contribution in [2.24, 2.45) is 0 Å². The van der Waals surface area contributed by atoms with Crippen LogP contribution in [0.5, 0.6) is 0 Å². The van der Waals surface area contributed by atoms with Gasteiger partial charge in [-0.25, -0.2) is 14.8 Å². The number of carbonyl (C=O) groups excluding carboxylic acids is 2. The maximum atomic E-state index is 12.3. The molecule has 140 valence electrons. The zero-order valence-corrected chi connectivity index (χ0v) is 14.2. The Morgan fingerprint density at radius 1 is 1.38 bits per heavy atom. The minimum Gasteiger partial charge on any atom is -0.313 e. The molecule has 1 aromatic heterocycles. The molecule has 3 amide bonds. The van der Waals surface area contributed by atoms with Gasteiger partial charge in [0.15, 0.2) is 0 Å². The van der Waals surface area contributed by atoms with Gasteiger partial charge < -0.3 is 10.2 Å². The Kier molecular flexibility index (Phi) is 4.84. The maximum Gasteiger partial charge on any atom is 0.418 e. The van der Waals surface area contributed by atoms with Gasteiger partial charge in [0.1, 0.15) is 12.2 Å². The van der Waals surface area contributed by atoms with Gasteiger partial charge in [0.2, 0.25) is 5.91 Å². The van der Waals surface area contributed by atoms with Crippen LogP contribution in [-0.4, -0.2) is 69.3 Å². The zero-order chi connectivity index (χ0) is 18.9. The molecule has 2 aliphatic rings. The summed E-state index contributed by atoms with van der Waals surface area (Å²) in [6.07, 6.45) is 4.97. The topological polar surface area (TPSA) is 166 Å². The van der Waals surface area contributed by atoms with E-state index in [0.29, 0.717) is 23.5 Å². The lowest BCUT2D eigenvalue weighted by molar-refractivity contribution is -0.119. The molecule has 3 rings (SSSR count). The summed E-state index contributed by atoms with van der Waals surface area (Å²) in [4.78, 5) is 33.2. The third-order valence-corrected chi connectivity index (χ3v) is 4.43. The van der Waals surface area contributed by atoms with E-state index in [1.54, 1.807) is 0 Å². The van der Waals surface area contributed by atoms with Crippen molar-refractivity contribution in [3.05, 3.63) is 24.3 Å². The van der Waals surface area contributed by atoms with E-state index >= 15 is 0 Å². The summed E-state index contributed by atoms with van der Waals surface area (Å²) in [5.41, 5.74) is 0.575. The third-order valence-electron chi connectivity index (χ3n) is 4.08. The third kappa shape index (κ3) is 3.95. The molecule has 12 nitrogen and oxygen atoms in total. The Balaban J connectivity index is 1.62. The van der Waals surface area contributed by atoms with Gasteiger partial charge in [0.25, 0.3) is 0 Å². The first-order valence-electron chi connectivity index (χ1n) is 7.63. The lowest BCUT2D eigenvalue weighted by Gasteiger charge is -2.30. The van der Waals surface area contributed by atoms with Crippen LogP contribution in [-0.2, 0) is 25.9 Å². The largest absolute Gasteiger partial charge is 0.418 e. The van der Waals surface area contributed by atoms with Gasteiger partial charge in [0.05, 0.1) is 18.5 Å². The number of amides is 3. The minimum absolute atomic E-state index is 0.0233. The molecule has 0 aliphatic carbocycles. The smallest absolute Gasteiger partial charge is 0.313 e. The van der Waals surface area contributed by atoms with Crippen LogP contribution in [0.3, 0.4) is 0 Å². The summed E-state index contributed by atoms with van der Waals surface area (Å²) in [6.45, 7) is 0.129. The molecule has 13 heteroatoms. The van der Waals surface area contributed by atoms with Crippen molar-refractivity contribution in [2.45, 2.75) is 31.3 Å². The van der Waals surface area contributed by atoms with Gasteiger partial charge >= 0.3 is 16.4 Å². The second-order valence-corrected chi connectivity index (χ2v) is 6.90. The van der Waals surface area contributed by atoms with Crippen molar-refractivity contribution in [2.75, 3.05) is 6.54 Å². The van der Waals surface area contributed by atoms with E-state index in [4.69, 9.17) is 9.96 Å². The van der Waals surface area contributed by atoms with Crippen molar-refractivity contribution < 1.29 is 26.8 Å². The van der Waals surface area contributed by atoms with Gasteiger partial charge in [0, 0.05) is 18.9 Å². The molecule has 0 aromatic carbocycles. The Bertz CT molecular complexity index is 831. The van der Waals surface area contributed by atoms with Crippen LogP contribution in [0.15, 0.2) is 18.7 Å². The highest BCUT2D eigenvalue weighted by Crippen LogP contribution is 2.30. The molecule has 2 bridgehead atoms. The molecule has 0 radical (unpaired) electrons. The number of hydroxylamine groups is 2. The van der Waals surface area contributed by atoms with Gasteiger partial charge in [-0.3, -0.25) is 14.8 Å². The zero-order valence-electron chi connectivity index (χ0n) is 13.4. The van der Waals surface area contributed by atoms with E-state index in [1.807, 2.05) is 0 Å². The fraction of sp³-hybridized carbons (Fsp3) is 0.462. The number of fused-ring (bicyclic) bond motifs is 2. The van der Waals surface area contributed by atoms with Crippen LogP contribution >= 0.6 is 0 Å². The molecule has 2 atom stereocenters. The van der Waals surface area contributed by atoms with Crippen LogP contribution in [0.2, 0.25) is 0 Å². The summed E-state index contributed by atoms with van der Waals surface area (Å²) < 4.78 is 34.8. The number of hydrogen-bond donors (Lipinski definition) is 3. The lowest BCUT2D eigenvalue weighted by Crippen LogP contribution is -2.51. The van der Waals surface area contributed by atoms with Crippen LogP contribution < -0.4 is 5.32 Å². The fourth-order valence-electron chi connectivity index (χ4n) is 3.02. The second-order valence-electron chi connectivity index (χ2n) is 5.90. The minimum atomic E-state index is -4.83. The number of nitrogens with zero attached hydrogens (tertiary/aromatic N) is 4. The fourth-order valence-corrected chi connectivity index (χ4v) is 3.40. The second kappa shape index (κ2) is 6.93. The number of urea groups is 1. The van der Waals surface area contributed by atoms with Gasteiger partial charge in [-0.05, 0) is 18.4 Å². The molecule has 2 fully saturated rings. The number of piperidine rings is 1. The molecule has 3 N–H and O–H groups in total. The molecule has 2 unspecified atom stereocenters. The van der Waals surface area contributed by atoms with Crippen molar-refractivity contribution in [1.82, 2.24) is 25.2 Å². The molecular formula is C13H16N6O6S. The van der Waals surface area contributed by atoms with Crippen molar-refractivity contribution >= 4 is 28.2 Å². The SMILES string of the molecule is N=C(NC(=O)Cc1cncnc1)C1CCC2CN1C(=O)N2OS(=O)(=O)O. The monoisotopic (exact) mass is 384 g/mol. The van der Waals surface area contributed by atoms with E-state index in [0.717, 1.165) is 0 Å². The molecule has 3 heterocycles. The summed E-state index contributed by atoms with van der Waals surface area (Å²) in [6, 6.07) is -2.05. The van der Waals surface area contributed by atoms with Crippen LogP contribution in [0.1, 0.15) is 18.4 Å². The van der Waals surface area contributed by atoms with Crippen molar-refractivity contribution in [3.8, 4) is 0 Å². The summed E-state index contributed by atoms with van der Waals surface area (Å²) in [5.74, 6) is -0.628. The van der Waals surface area contributed by atoms with E-state index in [1.165, 1.54) is 23.6 Å². The number of nitrogens with one attached hydrogen (secondary N) is 2. The quantitative estimate of drug-likeness (QED) is 0.334. The van der Waals surface area contributed by atoms with Gasteiger partial charge in [-0.15, -0.1) is 4.28 Å². The average Bonchev–Trinajstić information content (AvgIpc) is 2.79. The standard InChI is InChI=1S/C13H16N6O6S/c14-12(17-11(20)3-8-4-15-7-16-5-8)10-2-1-9-6-18(10)13(21)19(9)25-26(22,23)24/h4-5,7,9-10H,1-3,6H2,(H2,14,17,20)(H,22,23,24).